The molecule has 5 heteroatoms. The summed E-state index contributed by atoms with van der Waals surface area (Å²) in [6.45, 7) is 0. The molecule has 0 aromatic rings. The van der Waals surface area contributed by atoms with Crippen molar-refractivity contribution in [1.82, 2.24) is 0 Å². The molecule has 0 bridgehead atoms. The standard InChI is InChI=1S/C5H9BBrClO2/c7-5(2-1-3-8)4-6(9)10/h4,9-10H,1-3H2. The largest absolute Gasteiger partial charge is 0.481 e. The molecule has 0 fully saturated rings. The number of rotatable bonds is 4. The van der Waals surface area contributed by atoms with Crippen molar-refractivity contribution in [3.8, 4) is 0 Å². The van der Waals surface area contributed by atoms with Crippen LogP contribution in [-0.2, 0) is 0 Å². The highest BCUT2D eigenvalue weighted by Gasteiger charge is 2.02. The fraction of sp³-hybridized carbons (Fsp3) is 0.600. The molecule has 0 aliphatic carbocycles. The van der Waals surface area contributed by atoms with E-state index >= 15 is 0 Å². The van der Waals surface area contributed by atoms with Crippen LogP contribution in [0.25, 0.3) is 0 Å². The summed E-state index contributed by atoms with van der Waals surface area (Å²) in [5.74, 6) is 1.91. The molecule has 0 radical (unpaired) electrons. The van der Waals surface area contributed by atoms with Crippen molar-refractivity contribution in [3.63, 3.8) is 0 Å². The zero-order valence-electron chi connectivity index (χ0n) is 5.43. The lowest BCUT2D eigenvalue weighted by molar-refractivity contribution is 0.424. The van der Waals surface area contributed by atoms with E-state index in [9.17, 15) is 0 Å². The van der Waals surface area contributed by atoms with Gasteiger partial charge in [0.2, 0.25) is 0 Å². The SMILES string of the molecule is OB(O)C=C(Br)CCCCl. The Morgan fingerprint density at radius 1 is 1.60 bits per heavy atom. The fourth-order valence-corrected chi connectivity index (χ4v) is 1.13. The Kier molecular flexibility index (Phi) is 6.53. The molecule has 58 valence electrons. The minimum absolute atomic E-state index is 0.588. The van der Waals surface area contributed by atoms with Gasteiger partial charge in [0.05, 0.1) is 0 Å². The Morgan fingerprint density at radius 2 is 2.20 bits per heavy atom. The second-order valence-electron chi connectivity index (χ2n) is 1.82. The average molecular weight is 227 g/mol. The summed E-state index contributed by atoms with van der Waals surface area (Å²) in [7, 11) is -1.37. The van der Waals surface area contributed by atoms with Gasteiger partial charge in [-0.05, 0) is 23.3 Å². The zero-order valence-corrected chi connectivity index (χ0v) is 7.77. The van der Waals surface area contributed by atoms with E-state index in [4.69, 9.17) is 21.6 Å². The van der Waals surface area contributed by atoms with Crippen LogP contribution in [0.2, 0.25) is 0 Å². The molecule has 0 amide bonds. The van der Waals surface area contributed by atoms with E-state index in [-0.39, 0.29) is 0 Å². The van der Waals surface area contributed by atoms with Crippen molar-refractivity contribution in [2.24, 2.45) is 0 Å². The van der Waals surface area contributed by atoms with Crippen LogP contribution in [0.3, 0.4) is 0 Å². The third kappa shape index (κ3) is 6.61. The summed E-state index contributed by atoms with van der Waals surface area (Å²) < 4.78 is 0.781. The second kappa shape index (κ2) is 6.22. The highest BCUT2D eigenvalue weighted by atomic mass is 79.9. The molecule has 0 saturated carbocycles. The van der Waals surface area contributed by atoms with Crippen molar-refractivity contribution in [1.29, 1.82) is 0 Å². The first kappa shape index (κ1) is 10.5. The van der Waals surface area contributed by atoms with Gasteiger partial charge in [0, 0.05) is 5.88 Å². The van der Waals surface area contributed by atoms with Gasteiger partial charge in [-0.25, -0.2) is 0 Å². The molecule has 10 heavy (non-hydrogen) atoms. The smallest absolute Gasteiger partial charge is 0.424 e. The second-order valence-corrected chi connectivity index (χ2v) is 3.22. The highest BCUT2D eigenvalue weighted by molar-refractivity contribution is 9.11. The molecule has 0 rings (SSSR count). The maximum atomic E-state index is 8.44. The molecule has 0 aromatic heterocycles. The Bertz CT molecular complexity index is 118. The first-order chi connectivity index (χ1) is 4.66. The van der Waals surface area contributed by atoms with Gasteiger partial charge in [0.1, 0.15) is 0 Å². The molecule has 2 nitrogen and oxygen atoms in total. The Hall–Kier alpha value is 0.495. The van der Waals surface area contributed by atoms with Crippen LogP contribution in [0.4, 0.5) is 0 Å². The van der Waals surface area contributed by atoms with Crippen LogP contribution in [-0.4, -0.2) is 23.0 Å². The Balaban J connectivity index is 3.49. The van der Waals surface area contributed by atoms with Crippen LogP contribution < -0.4 is 0 Å². The normalized spacial score (nSPS) is 11.8. The summed E-state index contributed by atoms with van der Waals surface area (Å²) in [6.07, 6.45) is 1.59. The van der Waals surface area contributed by atoms with E-state index in [0.717, 1.165) is 17.3 Å². The third-order valence-electron chi connectivity index (χ3n) is 0.879. The summed E-state index contributed by atoms with van der Waals surface area (Å²) >= 11 is 8.57. The molecule has 0 saturated heterocycles. The minimum Gasteiger partial charge on any atom is -0.424 e. The lowest BCUT2D eigenvalue weighted by Crippen LogP contribution is -2.06. The zero-order chi connectivity index (χ0) is 7.98. The lowest BCUT2D eigenvalue weighted by Gasteiger charge is -1.95. The monoisotopic (exact) mass is 226 g/mol. The summed E-state index contributed by atoms with van der Waals surface area (Å²) in [5, 5.41) is 16.9. The maximum absolute atomic E-state index is 8.44. The topological polar surface area (TPSA) is 40.5 Å². The quantitative estimate of drug-likeness (QED) is 0.561. The van der Waals surface area contributed by atoms with Gasteiger partial charge in [-0.1, -0.05) is 15.9 Å². The Labute approximate surface area is 74.2 Å². The van der Waals surface area contributed by atoms with Gasteiger partial charge in [-0.15, -0.1) is 11.6 Å². The molecule has 2 N–H and O–H groups in total. The number of hydrogen-bond acceptors (Lipinski definition) is 2. The van der Waals surface area contributed by atoms with Crippen LogP contribution in [0.15, 0.2) is 10.5 Å². The van der Waals surface area contributed by atoms with Crippen molar-refractivity contribution >= 4 is 34.6 Å². The third-order valence-corrected chi connectivity index (χ3v) is 1.81. The highest BCUT2D eigenvalue weighted by Crippen LogP contribution is 2.12. The van der Waals surface area contributed by atoms with Crippen LogP contribution in [0, 0.1) is 0 Å². The number of halogens is 2. The van der Waals surface area contributed by atoms with Crippen LogP contribution >= 0.6 is 27.5 Å². The average Bonchev–Trinajstić information content (AvgIpc) is 1.82. The van der Waals surface area contributed by atoms with Gasteiger partial charge in [0.25, 0.3) is 0 Å². The number of alkyl halides is 1. The number of hydrogen-bond donors (Lipinski definition) is 2. The molecular weight excluding hydrogens is 218 g/mol. The minimum atomic E-state index is -1.37. The predicted molar refractivity (Wildman–Crippen MR) is 47.2 cm³/mol. The number of allylic oxidation sites excluding steroid dienone is 1. The molecule has 0 heterocycles. The van der Waals surface area contributed by atoms with Gasteiger partial charge >= 0.3 is 7.12 Å². The molecule has 0 aromatic carbocycles. The van der Waals surface area contributed by atoms with E-state index in [1.165, 1.54) is 5.98 Å². The van der Waals surface area contributed by atoms with Crippen molar-refractivity contribution < 1.29 is 10.0 Å². The van der Waals surface area contributed by atoms with Crippen molar-refractivity contribution in [2.75, 3.05) is 5.88 Å². The van der Waals surface area contributed by atoms with Crippen molar-refractivity contribution in [3.05, 3.63) is 10.5 Å². The molecular formula is C5H9BBrClO2. The van der Waals surface area contributed by atoms with Gasteiger partial charge in [-0.3, -0.25) is 0 Å². The first-order valence-electron chi connectivity index (χ1n) is 2.95. The molecule has 0 aliphatic heterocycles. The summed E-state index contributed by atoms with van der Waals surface area (Å²) in [6, 6.07) is 0. The first-order valence-corrected chi connectivity index (χ1v) is 4.28. The van der Waals surface area contributed by atoms with Gasteiger partial charge in [-0.2, -0.15) is 0 Å². The van der Waals surface area contributed by atoms with Crippen LogP contribution in [0.5, 0.6) is 0 Å². The molecule has 0 spiro atoms. The van der Waals surface area contributed by atoms with Crippen LogP contribution in [0.1, 0.15) is 12.8 Å². The Morgan fingerprint density at radius 3 is 2.60 bits per heavy atom. The molecule has 0 unspecified atom stereocenters. The summed E-state index contributed by atoms with van der Waals surface area (Å²) in [5.41, 5.74) is 0. The van der Waals surface area contributed by atoms with E-state index in [2.05, 4.69) is 15.9 Å². The molecule has 0 atom stereocenters. The lowest BCUT2D eigenvalue weighted by atomic mass is 9.91. The van der Waals surface area contributed by atoms with Gasteiger partial charge in [0.15, 0.2) is 0 Å². The predicted octanol–water partition coefficient (Wildman–Crippen LogP) is 1.30. The summed E-state index contributed by atoms with van der Waals surface area (Å²) in [4.78, 5) is 0. The van der Waals surface area contributed by atoms with Gasteiger partial charge < -0.3 is 10.0 Å². The fourth-order valence-electron chi connectivity index (χ4n) is 0.481. The van der Waals surface area contributed by atoms with E-state index in [1.54, 1.807) is 0 Å². The van der Waals surface area contributed by atoms with E-state index in [0.29, 0.717) is 5.88 Å². The maximum Gasteiger partial charge on any atom is 0.481 e. The van der Waals surface area contributed by atoms with Crippen molar-refractivity contribution in [2.45, 2.75) is 12.8 Å². The van der Waals surface area contributed by atoms with E-state index in [1.807, 2.05) is 0 Å². The molecule has 0 aliphatic rings. The van der Waals surface area contributed by atoms with E-state index < -0.39 is 7.12 Å².